The first-order valence-electron chi connectivity index (χ1n) is 8.50. The number of anilines is 1. The molecule has 0 saturated heterocycles. The van der Waals surface area contributed by atoms with Crippen LogP contribution in [0.2, 0.25) is 0 Å². The second kappa shape index (κ2) is 6.88. The molecule has 27 heavy (non-hydrogen) atoms. The smallest absolute Gasteiger partial charge is 0.261 e. The number of carbonyl (C=O) groups excluding carboxylic acids is 1. The molecule has 1 amide bonds. The van der Waals surface area contributed by atoms with E-state index in [2.05, 4.69) is 19.7 Å². The van der Waals surface area contributed by atoms with E-state index in [4.69, 9.17) is 0 Å². The largest absolute Gasteiger partial charge is 0.309 e. The molecule has 3 aromatic heterocycles. The van der Waals surface area contributed by atoms with E-state index >= 15 is 0 Å². The molecule has 136 valence electrons. The predicted molar refractivity (Wildman–Crippen MR) is 106 cm³/mol. The predicted octanol–water partition coefficient (Wildman–Crippen LogP) is 3.05. The number of nitrogens with one attached hydrogen (secondary N) is 1. The Bertz CT molecular complexity index is 1230. The molecule has 7 nitrogen and oxygen atoms in total. The van der Waals surface area contributed by atoms with Gasteiger partial charge in [0, 0.05) is 18.7 Å². The number of pyridine rings is 1. The monoisotopic (exact) mass is 379 g/mol. The molecule has 0 bridgehead atoms. The zero-order valence-electron chi connectivity index (χ0n) is 14.9. The lowest BCUT2D eigenvalue weighted by Gasteiger charge is -2.07. The van der Waals surface area contributed by atoms with Crippen LogP contribution in [0.3, 0.4) is 0 Å². The Morgan fingerprint density at radius 2 is 2.07 bits per heavy atom. The topological polar surface area (TPSA) is 89.8 Å². The van der Waals surface area contributed by atoms with Gasteiger partial charge in [0.1, 0.15) is 4.83 Å². The maximum absolute atomic E-state index is 12.5. The molecule has 1 N–H and O–H groups in total. The Morgan fingerprint density at radius 3 is 2.93 bits per heavy atom. The minimum Gasteiger partial charge on any atom is -0.309 e. The maximum Gasteiger partial charge on any atom is 0.261 e. The quantitative estimate of drug-likeness (QED) is 0.589. The zero-order valence-corrected chi connectivity index (χ0v) is 15.7. The van der Waals surface area contributed by atoms with Gasteiger partial charge < -0.3 is 5.32 Å². The van der Waals surface area contributed by atoms with Crippen LogP contribution in [-0.2, 0) is 11.3 Å². The fourth-order valence-electron chi connectivity index (χ4n) is 3.06. The summed E-state index contributed by atoms with van der Waals surface area (Å²) in [6.07, 6.45) is 1.63. The second-order valence-electron chi connectivity index (χ2n) is 6.35. The summed E-state index contributed by atoms with van der Waals surface area (Å²) in [5, 5.41) is 4.25. The number of carbonyl (C=O) groups is 1. The summed E-state index contributed by atoms with van der Waals surface area (Å²) in [5.74, 6) is 0.316. The number of aryl methyl sites for hydroxylation is 3. The molecule has 0 aliphatic heterocycles. The molecule has 0 aliphatic carbocycles. The van der Waals surface area contributed by atoms with Gasteiger partial charge in [-0.05, 0) is 49.1 Å². The van der Waals surface area contributed by atoms with E-state index in [-0.39, 0.29) is 24.4 Å². The van der Waals surface area contributed by atoms with Crippen LogP contribution in [0.25, 0.3) is 21.1 Å². The van der Waals surface area contributed by atoms with E-state index < -0.39 is 0 Å². The van der Waals surface area contributed by atoms with Crippen LogP contribution in [0, 0.1) is 13.8 Å². The van der Waals surface area contributed by atoms with Gasteiger partial charge in [-0.25, -0.2) is 9.97 Å². The summed E-state index contributed by atoms with van der Waals surface area (Å²) in [6.45, 7) is 4.15. The van der Waals surface area contributed by atoms with E-state index in [1.54, 1.807) is 18.2 Å². The number of aromatic nitrogens is 4. The number of hydrogen-bond acceptors (Lipinski definition) is 6. The second-order valence-corrected chi connectivity index (χ2v) is 7.10. The molecule has 0 aliphatic rings. The highest BCUT2D eigenvalue weighted by Crippen LogP contribution is 2.28. The highest BCUT2D eigenvalue weighted by Gasteiger charge is 2.14. The first kappa shape index (κ1) is 17.3. The zero-order chi connectivity index (χ0) is 19.0. The third-order valence-corrected chi connectivity index (χ3v) is 5.08. The van der Waals surface area contributed by atoms with Crippen LogP contribution in [0.5, 0.6) is 0 Å². The molecule has 0 fully saturated rings. The van der Waals surface area contributed by atoms with Crippen molar-refractivity contribution in [1.29, 1.82) is 0 Å². The fraction of sp³-hybridized carbons (Fsp3) is 0.211. The number of fused-ring (bicyclic) bond motifs is 2. The average molecular weight is 379 g/mol. The Labute approximate surface area is 158 Å². The first-order chi connectivity index (χ1) is 13.0. The molecule has 8 heteroatoms. The molecular formula is C19H17N5O2S. The SMILES string of the molecule is Cc1cc(C)c2c(NC(=O)CCn3cnc4ccccc4c3=O)nsc2n1. The van der Waals surface area contributed by atoms with Crippen molar-refractivity contribution in [3.63, 3.8) is 0 Å². The minimum absolute atomic E-state index is 0.150. The summed E-state index contributed by atoms with van der Waals surface area (Å²) in [4.78, 5) is 34.4. The van der Waals surface area contributed by atoms with Crippen LogP contribution in [0.15, 0.2) is 41.5 Å². The van der Waals surface area contributed by atoms with Crippen LogP contribution >= 0.6 is 11.5 Å². The van der Waals surface area contributed by atoms with Gasteiger partial charge in [-0.2, -0.15) is 4.37 Å². The molecule has 3 heterocycles. The highest BCUT2D eigenvalue weighted by atomic mass is 32.1. The van der Waals surface area contributed by atoms with Crippen LogP contribution in [-0.4, -0.2) is 24.8 Å². The summed E-state index contributed by atoms with van der Waals surface area (Å²) in [5.41, 5.74) is 2.44. The summed E-state index contributed by atoms with van der Waals surface area (Å²) in [7, 11) is 0. The molecular weight excluding hydrogens is 362 g/mol. The number of amides is 1. The Kier molecular flexibility index (Phi) is 4.41. The van der Waals surface area contributed by atoms with Gasteiger partial charge in [-0.3, -0.25) is 14.2 Å². The lowest BCUT2D eigenvalue weighted by molar-refractivity contribution is -0.116. The third-order valence-electron chi connectivity index (χ3n) is 4.34. The average Bonchev–Trinajstić information content (AvgIpc) is 3.04. The van der Waals surface area contributed by atoms with Gasteiger partial charge in [0.2, 0.25) is 5.91 Å². The highest BCUT2D eigenvalue weighted by molar-refractivity contribution is 7.13. The van der Waals surface area contributed by atoms with Crippen molar-refractivity contribution in [2.75, 3.05) is 5.32 Å². The van der Waals surface area contributed by atoms with E-state index in [0.717, 1.165) is 21.5 Å². The van der Waals surface area contributed by atoms with E-state index in [0.29, 0.717) is 16.7 Å². The summed E-state index contributed by atoms with van der Waals surface area (Å²) < 4.78 is 5.77. The van der Waals surface area contributed by atoms with E-state index in [1.807, 2.05) is 26.0 Å². The third kappa shape index (κ3) is 3.31. The molecule has 4 rings (SSSR count). The lowest BCUT2D eigenvalue weighted by atomic mass is 10.2. The van der Waals surface area contributed by atoms with Crippen molar-refractivity contribution in [2.45, 2.75) is 26.8 Å². The Hall–Kier alpha value is -3.13. The minimum atomic E-state index is -0.206. The number of rotatable bonds is 4. The fourth-order valence-corrected chi connectivity index (χ4v) is 3.91. The van der Waals surface area contributed by atoms with Gasteiger partial charge in [0.05, 0.1) is 22.6 Å². The van der Waals surface area contributed by atoms with Crippen molar-refractivity contribution >= 4 is 44.4 Å². The van der Waals surface area contributed by atoms with Crippen molar-refractivity contribution in [3.05, 3.63) is 58.3 Å². The number of para-hydroxylation sites is 1. The number of benzene rings is 1. The van der Waals surface area contributed by atoms with Crippen LogP contribution in [0.4, 0.5) is 5.82 Å². The molecule has 0 atom stereocenters. The molecule has 4 aromatic rings. The van der Waals surface area contributed by atoms with Gasteiger partial charge in [0.25, 0.3) is 5.56 Å². The summed E-state index contributed by atoms with van der Waals surface area (Å²) in [6, 6.07) is 9.13. The van der Waals surface area contributed by atoms with Gasteiger partial charge in [-0.15, -0.1) is 0 Å². The van der Waals surface area contributed by atoms with Gasteiger partial charge >= 0.3 is 0 Å². The maximum atomic E-state index is 12.5. The standard InChI is InChI=1S/C19H17N5O2S/c1-11-9-12(2)21-18-16(11)17(23-27-18)22-15(25)7-8-24-10-20-14-6-4-3-5-13(14)19(24)26/h3-6,9-10H,7-8H2,1-2H3,(H,22,23,25). The van der Waals surface area contributed by atoms with Crippen molar-refractivity contribution < 1.29 is 4.79 Å². The normalized spacial score (nSPS) is 11.2. The molecule has 0 unspecified atom stereocenters. The molecule has 1 aromatic carbocycles. The molecule has 0 saturated carbocycles. The van der Waals surface area contributed by atoms with Crippen LogP contribution in [0.1, 0.15) is 17.7 Å². The lowest BCUT2D eigenvalue weighted by Crippen LogP contribution is -2.23. The number of hydrogen-bond donors (Lipinski definition) is 1. The summed E-state index contributed by atoms with van der Waals surface area (Å²) >= 11 is 1.26. The molecule has 0 radical (unpaired) electrons. The van der Waals surface area contributed by atoms with Crippen LogP contribution < -0.4 is 10.9 Å². The number of nitrogens with zero attached hydrogens (tertiary/aromatic N) is 4. The van der Waals surface area contributed by atoms with Crippen molar-refractivity contribution in [1.82, 2.24) is 18.9 Å². The van der Waals surface area contributed by atoms with Gasteiger partial charge in [0.15, 0.2) is 5.82 Å². The van der Waals surface area contributed by atoms with Gasteiger partial charge in [-0.1, -0.05) is 12.1 Å². The first-order valence-corrected chi connectivity index (χ1v) is 9.28. The van der Waals surface area contributed by atoms with E-state index in [1.165, 1.54) is 22.4 Å². The Morgan fingerprint density at radius 1 is 1.26 bits per heavy atom. The Balaban J connectivity index is 1.51. The van der Waals surface area contributed by atoms with E-state index in [9.17, 15) is 9.59 Å². The van der Waals surface area contributed by atoms with Crippen molar-refractivity contribution in [3.8, 4) is 0 Å². The molecule has 0 spiro atoms. The van der Waals surface area contributed by atoms with Crippen molar-refractivity contribution in [2.24, 2.45) is 0 Å².